The van der Waals surface area contributed by atoms with Gasteiger partial charge in [-0.1, -0.05) is 31.0 Å². The lowest BCUT2D eigenvalue weighted by Crippen LogP contribution is -2.52. The number of H-pyrrole nitrogens is 1. The van der Waals surface area contributed by atoms with Crippen LogP contribution in [0.4, 0.5) is 4.39 Å². The first-order chi connectivity index (χ1) is 14.9. The van der Waals surface area contributed by atoms with Gasteiger partial charge in [0.1, 0.15) is 17.6 Å². The van der Waals surface area contributed by atoms with Crippen LogP contribution < -0.4 is 10.6 Å². The quantitative estimate of drug-likeness (QED) is 0.546. The second kappa shape index (κ2) is 8.19. The van der Waals surface area contributed by atoms with Crippen molar-refractivity contribution < 1.29 is 14.0 Å². The number of para-hydroxylation sites is 1. The summed E-state index contributed by atoms with van der Waals surface area (Å²) in [5, 5.41) is 15.8. The number of hydrogen-bond acceptors (Lipinski definition) is 4. The summed E-state index contributed by atoms with van der Waals surface area (Å²) in [6.45, 7) is 1.60. The molecule has 0 bridgehead atoms. The number of nitriles is 1. The van der Waals surface area contributed by atoms with E-state index in [0.29, 0.717) is 23.3 Å². The number of nitrogens with one attached hydrogen (secondary N) is 3. The van der Waals surface area contributed by atoms with Crippen molar-refractivity contribution in [2.45, 2.75) is 37.8 Å². The van der Waals surface area contributed by atoms with Crippen molar-refractivity contribution in [3.05, 3.63) is 65.9 Å². The molecule has 0 radical (unpaired) electrons. The molecule has 1 aliphatic rings. The van der Waals surface area contributed by atoms with E-state index < -0.39 is 29.2 Å². The van der Waals surface area contributed by atoms with Gasteiger partial charge in [-0.05, 0) is 37.5 Å². The molecule has 158 valence electrons. The summed E-state index contributed by atoms with van der Waals surface area (Å²) < 4.78 is 14.0. The SMILES string of the molecule is CC(C#N)(NC(=O)C(CC1CC1)NC(=O)c1cc2cccc(F)c2[nH]1)c1cccnc1. The lowest BCUT2D eigenvalue weighted by Gasteiger charge is -2.27. The normalized spacial score (nSPS) is 16.2. The fraction of sp³-hybridized carbons (Fsp3) is 0.304. The van der Waals surface area contributed by atoms with Crippen molar-refractivity contribution in [1.82, 2.24) is 20.6 Å². The third-order valence-electron chi connectivity index (χ3n) is 5.57. The first-order valence-electron chi connectivity index (χ1n) is 10.1. The Morgan fingerprint density at radius 2 is 2.16 bits per heavy atom. The smallest absolute Gasteiger partial charge is 0.268 e. The molecule has 1 aliphatic carbocycles. The minimum atomic E-state index is -1.29. The number of rotatable bonds is 7. The van der Waals surface area contributed by atoms with Crippen molar-refractivity contribution in [2.75, 3.05) is 0 Å². The molecular formula is C23H22FN5O2. The highest BCUT2D eigenvalue weighted by molar-refractivity contribution is 6.00. The second-order valence-corrected chi connectivity index (χ2v) is 8.06. The van der Waals surface area contributed by atoms with Gasteiger partial charge in [0, 0.05) is 23.3 Å². The van der Waals surface area contributed by atoms with Crippen LogP contribution in [-0.4, -0.2) is 27.8 Å². The molecule has 4 rings (SSSR count). The number of carbonyl (C=O) groups is 2. The minimum Gasteiger partial charge on any atom is -0.348 e. The summed E-state index contributed by atoms with van der Waals surface area (Å²) in [6, 6.07) is 10.8. The Bertz CT molecular complexity index is 1170. The number of benzene rings is 1. The third kappa shape index (κ3) is 4.40. The average molecular weight is 419 g/mol. The highest BCUT2D eigenvalue weighted by Gasteiger charge is 2.35. The van der Waals surface area contributed by atoms with E-state index in [9.17, 15) is 19.2 Å². The second-order valence-electron chi connectivity index (χ2n) is 8.06. The Hall–Kier alpha value is -3.73. The molecule has 2 aromatic heterocycles. The summed E-state index contributed by atoms with van der Waals surface area (Å²) >= 11 is 0. The van der Waals surface area contributed by atoms with Gasteiger partial charge < -0.3 is 15.6 Å². The van der Waals surface area contributed by atoms with E-state index in [4.69, 9.17) is 0 Å². The van der Waals surface area contributed by atoms with E-state index in [1.165, 1.54) is 12.3 Å². The third-order valence-corrected chi connectivity index (χ3v) is 5.57. The van der Waals surface area contributed by atoms with Crippen LogP contribution in [0.15, 0.2) is 48.8 Å². The zero-order valence-electron chi connectivity index (χ0n) is 17.0. The molecule has 3 aromatic rings. The molecule has 1 saturated carbocycles. The highest BCUT2D eigenvalue weighted by atomic mass is 19.1. The monoisotopic (exact) mass is 419 g/mol. The maximum absolute atomic E-state index is 14.0. The van der Waals surface area contributed by atoms with Gasteiger partial charge in [-0.25, -0.2) is 4.39 Å². The lowest BCUT2D eigenvalue weighted by molar-refractivity contribution is -0.124. The van der Waals surface area contributed by atoms with Crippen molar-refractivity contribution in [3.8, 4) is 6.07 Å². The van der Waals surface area contributed by atoms with Crippen molar-refractivity contribution in [3.63, 3.8) is 0 Å². The maximum Gasteiger partial charge on any atom is 0.268 e. The highest BCUT2D eigenvalue weighted by Crippen LogP contribution is 2.34. The minimum absolute atomic E-state index is 0.170. The number of halogens is 1. The summed E-state index contributed by atoms with van der Waals surface area (Å²) in [7, 11) is 0. The molecule has 31 heavy (non-hydrogen) atoms. The van der Waals surface area contributed by atoms with Crippen LogP contribution in [0.3, 0.4) is 0 Å². The molecule has 7 nitrogen and oxygen atoms in total. The Morgan fingerprint density at radius 3 is 2.81 bits per heavy atom. The number of aromatic amines is 1. The molecule has 2 heterocycles. The van der Waals surface area contributed by atoms with Crippen LogP contribution in [0.1, 0.15) is 42.2 Å². The zero-order chi connectivity index (χ0) is 22.0. The molecule has 2 unspecified atom stereocenters. The van der Waals surface area contributed by atoms with Crippen LogP contribution in [-0.2, 0) is 10.3 Å². The van der Waals surface area contributed by atoms with E-state index in [1.54, 1.807) is 43.5 Å². The van der Waals surface area contributed by atoms with Crippen LogP contribution in [0.25, 0.3) is 10.9 Å². The van der Waals surface area contributed by atoms with Gasteiger partial charge in [0.2, 0.25) is 5.91 Å². The molecule has 2 amide bonds. The number of hydrogen-bond donors (Lipinski definition) is 3. The van der Waals surface area contributed by atoms with Gasteiger partial charge in [0.05, 0.1) is 11.6 Å². The van der Waals surface area contributed by atoms with Gasteiger partial charge >= 0.3 is 0 Å². The van der Waals surface area contributed by atoms with Gasteiger partial charge in [0.25, 0.3) is 5.91 Å². The topological polar surface area (TPSA) is 111 Å². The number of fused-ring (bicyclic) bond motifs is 1. The lowest BCUT2D eigenvalue weighted by atomic mass is 9.94. The summed E-state index contributed by atoms with van der Waals surface area (Å²) in [5.41, 5.74) is -0.329. The van der Waals surface area contributed by atoms with Crippen LogP contribution >= 0.6 is 0 Å². The van der Waals surface area contributed by atoms with Crippen LogP contribution in [0.2, 0.25) is 0 Å². The number of aromatic nitrogens is 2. The summed E-state index contributed by atoms with van der Waals surface area (Å²) in [5.74, 6) is -1.06. The fourth-order valence-corrected chi connectivity index (χ4v) is 3.55. The molecule has 3 N–H and O–H groups in total. The van der Waals surface area contributed by atoms with E-state index in [1.807, 2.05) is 0 Å². The van der Waals surface area contributed by atoms with E-state index in [-0.39, 0.29) is 11.2 Å². The van der Waals surface area contributed by atoms with Gasteiger partial charge in [-0.15, -0.1) is 0 Å². The van der Waals surface area contributed by atoms with Crippen molar-refractivity contribution >= 4 is 22.7 Å². The molecule has 2 atom stereocenters. The standard InChI is InChI=1S/C23H22FN5O2/c1-23(13-25,16-5-3-9-26-12-16)29-22(31)18(10-14-7-8-14)28-21(30)19-11-15-4-2-6-17(24)20(15)27-19/h2-6,9,11-12,14,18,27H,7-8,10H2,1H3,(H,28,30)(H,29,31). The average Bonchev–Trinajstić information content (AvgIpc) is 3.48. The molecule has 0 aliphatic heterocycles. The Balaban J connectivity index is 1.53. The first kappa shape index (κ1) is 20.5. The molecular weight excluding hydrogens is 397 g/mol. The van der Waals surface area contributed by atoms with E-state index in [0.717, 1.165) is 12.8 Å². The first-order valence-corrected chi connectivity index (χ1v) is 10.1. The molecule has 0 spiro atoms. The van der Waals surface area contributed by atoms with Crippen molar-refractivity contribution in [2.24, 2.45) is 5.92 Å². The van der Waals surface area contributed by atoms with Gasteiger partial charge in [-0.3, -0.25) is 14.6 Å². The van der Waals surface area contributed by atoms with E-state index >= 15 is 0 Å². The number of nitrogens with zero attached hydrogens (tertiary/aromatic N) is 2. The molecule has 1 aromatic carbocycles. The Kier molecular flexibility index (Phi) is 5.42. The summed E-state index contributed by atoms with van der Waals surface area (Å²) in [6.07, 6.45) is 5.57. The van der Waals surface area contributed by atoms with E-state index in [2.05, 4.69) is 26.7 Å². The zero-order valence-corrected chi connectivity index (χ0v) is 17.0. The molecule has 8 heteroatoms. The molecule has 1 fully saturated rings. The maximum atomic E-state index is 14.0. The predicted octanol–water partition coefficient (Wildman–Crippen LogP) is 3.16. The van der Waals surface area contributed by atoms with Crippen LogP contribution in [0, 0.1) is 23.1 Å². The predicted molar refractivity (Wildman–Crippen MR) is 112 cm³/mol. The number of pyridine rings is 1. The summed E-state index contributed by atoms with van der Waals surface area (Å²) in [4.78, 5) is 32.7. The number of amides is 2. The van der Waals surface area contributed by atoms with Crippen LogP contribution in [0.5, 0.6) is 0 Å². The fourth-order valence-electron chi connectivity index (χ4n) is 3.55. The van der Waals surface area contributed by atoms with Gasteiger partial charge in [0.15, 0.2) is 5.54 Å². The van der Waals surface area contributed by atoms with Crippen molar-refractivity contribution in [1.29, 1.82) is 5.26 Å². The molecule has 0 saturated heterocycles. The Labute approximate surface area is 178 Å². The number of carbonyl (C=O) groups excluding carboxylic acids is 2. The van der Waals surface area contributed by atoms with Gasteiger partial charge in [-0.2, -0.15) is 5.26 Å². The largest absolute Gasteiger partial charge is 0.348 e. The Morgan fingerprint density at radius 1 is 1.35 bits per heavy atom.